The minimum absolute atomic E-state index is 0.379. The van der Waals surface area contributed by atoms with E-state index in [4.69, 9.17) is 9.47 Å². The molecule has 0 aromatic carbocycles. The van der Waals surface area contributed by atoms with Crippen molar-refractivity contribution >= 4 is 0 Å². The summed E-state index contributed by atoms with van der Waals surface area (Å²) in [5.74, 6) is 0. The Balaban J connectivity index is 1.76. The summed E-state index contributed by atoms with van der Waals surface area (Å²) in [4.78, 5) is 0. The fourth-order valence-corrected chi connectivity index (χ4v) is 1.02. The average molecular weight is 173 g/mol. The van der Waals surface area contributed by atoms with Crippen LogP contribution in [0.3, 0.4) is 0 Å². The minimum Gasteiger partial charge on any atom is -0.376 e. The van der Waals surface area contributed by atoms with Gasteiger partial charge in [-0.2, -0.15) is 0 Å². The second-order valence-corrected chi connectivity index (χ2v) is 3.49. The molecule has 0 aromatic heterocycles. The summed E-state index contributed by atoms with van der Waals surface area (Å²) >= 11 is 0. The van der Waals surface area contributed by atoms with Gasteiger partial charge in [-0.1, -0.05) is 13.8 Å². The minimum atomic E-state index is 0.379. The molecule has 3 nitrogen and oxygen atoms in total. The van der Waals surface area contributed by atoms with Crippen LogP contribution in [-0.2, 0) is 9.47 Å². The molecule has 0 amide bonds. The molecule has 3 heteroatoms. The van der Waals surface area contributed by atoms with Crippen LogP contribution in [-0.4, -0.2) is 38.5 Å². The molecule has 0 saturated carbocycles. The maximum absolute atomic E-state index is 5.49. The monoisotopic (exact) mass is 173 g/mol. The molecule has 1 saturated heterocycles. The Morgan fingerprint density at radius 2 is 2.25 bits per heavy atom. The van der Waals surface area contributed by atoms with E-state index >= 15 is 0 Å². The molecule has 72 valence electrons. The number of hydrogen-bond donors (Lipinski definition) is 1. The van der Waals surface area contributed by atoms with E-state index in [2.05, 4.69) is 19.2 Å². The van der Waals surface area contributed by atoms with Crippen molar-refractivity contribution in [1.82, 2.24) is 5.32 Å². The molecule has 1 heterocycles. The summed E-state index contributed by atoms with van der Waals surface area (Å²) in [6.45, 7) is 7.79. The van der Waals surface area contributed by atoms with Gasteiger partial charge in [0.1, 0.15) is 6.10 Å². The number of ether oxygens (including phenoxy) is 2. The van der Waals surface area contributed by atoms with E-state index in [0.29, 0.717) is 12.1 Å². The zero-order chi connectivity index (χ0) is 8.81. The second-order valence-electron chi connectivity index (χ2n) is 3.49. The molecule has 0 aromatic rings. The standard InChI is InChI=1S/C9H19NO2/c1-8(2)10-4-3-5-12-9-6-11-7-9/h8-10H,3-7H2,1-2H3. The molecule has 12 heavy (non-hydrogen) atoms. The first kappa shape index (κ1) is 9.96. The Morgan fingerprint density at radius 1 is 1.50 bits per heavy atom. The summed E-state index contributed by atoms with van der Waals surface area (Å²) in [6.07, 6.45) is 1.47. The van der Waals surface area contributed by atoms with Gasteiger partial charge < -0.3 is 14.8 Å². The van der Waals surface area contributed by atoms with Gasteiger partial charge in [0.05, 0.1) is 13.2 Å². The largest absolute Gasteiger partial charge is 0.376 e. The van der Waals surface area contributed by atoms with Gasteiger partial charge in [0.25, 0.3) is 0 Å². The predicted molar refractivity (Wildman–Crippen MR) is 48.3 cm³/mol. The van der Waals surface area contributed by atoms with Crippen molar-refractivity contribution < 1.29 is 9.47 Å². The lowest BCUT2D eigenvalue weighted by Gasteiger charge is -2.25. The van der Waals surface area contributed by atoms with Crippen LogP contribution in [0.4, 0.5) is 0 Å². The van der Waals surface area contributed by atoms with Crippen LogP contribution < -0.4 is 5.32 Å². The first-order chi connectivity index (χ1) is 5.79. The van der Waals surface area contributed by atoms with Crippen molar-refractivity contribution in [2.24, 2.45) is 0 Å². The van der Waals surface area contributed by atoms with Crippen molar-refractivity contribution in [2.75, 3.05) is 26.4 Å². The van der Waals surface area contributed by atoms with Crippen LogP contribution in [0.25, 0.3) is 0 Å². The van der Waals surface area contributed by atoms with Crippen LogP contribution in [0.5, 0.6) is 0 Å². The second kappa shape index (κ2) is 5.51. The molecule has 0 radical (unpaired) electrons. The van der Waals surface area contributed by atoms with Gasteiger partial charge in [0, 0.05) is 12.6 Å². The highest BCUT2D eigenvalue weighted by Crippen LogP contribution is 2.04. The van der Waals surface area contributed by atoms with Gasteiger partial charge in [-0.25, -0.2) is 0 Å². The highest BCUT2D eigenvalue weighted by Gasteiger charge is 2.17. The number of hydrogen-bond acceptors (Lipinski definition) is 3. The SMILES string of the molecule is CC(C)NCCCOC1COC1. The molecule has 1 fully saturated rings. The molecule has 0 aliphatic carbocycles. The van der Waals surface area contributed by atoms with Crippen molar-refractivity contribution in [3.63, 3.8) is 0 Å². The van der Waals surface area contributed by atoms with E-state index in [-0.39, 0.29) is 0 Å². The topological polar surface area (TPSA) is 30.5 Å². The van der Waals surface area contributed by atoms with E-state index in [1.165, 1.54) is 0 Å². The molecule has 0 bridgehead atoms. The van der Waals surface area contributed by atoms with Crippen LogP contribution in [0.2, 0.25) is 0 Å². The molecule has 1 N–H and O–H groups in total. The maximum Gasteiger partial charge on any atom is 0.104 e. The zero-order valence-electron chi connectivity index (χ0n) is 8.01. The van der Waals surface area contributed by atoms with E-state index in [1.807, 2.05) is 0 Å². The predicted octanol–water partition coefficient (Wildman–Crippen LogP) is 0.790. The average Bonchev–Trinajstić information content (AvgIpc) is 1.92. The van der Waals surface area contributed by atoms with Crippen molar-refractivity contribution in [3.05, 3.63) is 0 Å². The third-order valence-electron chi connectivity index (χ3n) is 1.83. The molecule has 1 rings (SSSR count). The Bertz CT molecular complexity index is 113. The Labute approximate surface area is 74.4 Å². The van der Waals surface area contributed by atoms with Crippen LogP contribution >= 0.6 is 0 Å². The Hall–Kier alpha value is -0.120. The van der Waals surface area contributed by atoms with Gasteiger partial charge in [-0.3, -0.25) is 0 Å². The fraction of sp³-hybridized carbons (Fsp3) is 1.00. The molecular formula is C9H19NO2. The Morgan fingerprint density at radius 3 is 2.75 bits per heavy atom. The first-order valence-corrected chi connectivity index (χ1v) is 4.72. The van der Waals surface area contributed by atoms with E-state index in [1.54, 1.807) is 0 Å². The molecular weight excluding hydrogens is 154 g/mol. The highest BCUT2D eigenvalue weighted by atomic mass is 16.6. The van der Waals surface area contributed by atoms with E-state index in [9.17, 15) is 0 Å². The molecule has 0 spiro atoms. The van der Waals surface area contributed by atoms with Crippen LogP contribution in [0, 0.1) is 0 Å². The number of rotatable bonds is 6. The summed E-state index contributed by atoms with van der Waals surface area (Å²) < 4.78 is 10.5. The van der Waals surface area contributed by atoms with E-state index in [0.717, 1.165) is 32.8 Å². The molecule has 0 atom stereocenters. The molecule has 0 unspecified atom stereocenters. The first-order valence-electron chi connectivity index (χ1n) is 4.72. The van der Waals surface area contributed by atoms with Gasteiger partial charge >= 0.3 is 0 Å². The number of nitrogens with one attached hydrogen (secondary N) is 1. The van der Waals surface area contributed by atoms with E-state index < -0.39 is 0 Å². The highest BCUT2D eigenvalue weighted by molar-refractivity contribution is 4.64. The zero-order valence-corrected chi connectivity index (χ0v) is 8.01. The summed E-state index contributed by atoms with van der Waals surface area (Å²) in [5, 5.41) is 3.34. The van der Waals surface area contributed by atoms with Gasteiger partial charge in [0.2, 0.25) is 0 Å². The summed E-state index contributed by atoms with van der Waals surface area (Å²) in [5.41, 5.74) is 0. The lowest BCUT2D eigenvalue weighted by Crippen LogP contribution is -2.36. The molecule has 1 aliphatic rings. The third-order valence-corrected chi connectivity index (χ3v) is 1.83. The third kappa shape index (κ3) is 4.04. The lowest BCUT2D eigenvalue weighted by molar-refractivity contribution is -0.129. The van der Waals surface area contributed by atoms with Crippen molar-refractivity contribution in [3.8, 4) is 0 Å². The van der Waals surface area contributed by atoms with Gasteiger partial charge in [-0.15, -0.1) is 0 Å². The van der Waals surface area contributed by atoms with Gasteiger partial charge in [0.15, 0.2) is 0 Å². The summed E-state index contributed by atoms with van der Waals surface area (Å²) in [6, 6.07) is 0.581. The Kier molecular flexibility index (Phi) is 4.58. The fourth-order valence-electron chi connectivity index (χ4n) is 1.02. The lowest BCUT2D eigenvalue weighted by atomic mass is 10.3. The van der Waals surface area contributed by atoms with Crippen molar-refractivity contribution in [2.45, 2.75) is 32.4 Å². The van der Waals surface area contributed by atoms with Crippen LogP contribution in [0.15, 0.2) is 0 Å². The summed E-state index contributed by atoms with van der Waals surface area (Å²) in [7, 11) is 0. The van der Waals surface area contributed by atoms with Gasteiger partial charge in [-0.05, 0) is 13.0 Å². The maximum atomic E-state index is 5.49. The quantitative estimate of drug-likeness (QED) is 0.602. The smallest absolute Gasteiger partial charge is 0.104 e. The molecule has 1 aliphatic heterocycles. The van der Waals surface area contributed by atoms with Crippen molar-refractivity contribution in [1.29, 1.82) is 0 Å². The normalized spacial score (nSPS) is 18.2. The van der Waals surface area contributed by atoms with Crippen LogP contribution in [0.1, 0.15) is 20.3 Å².